The number of hydrogen-bond acceptors (Lipinski definition) is 3. The average molecular weight is 224 g/mol. The number of benzene rings is 1. The standard InChI is InChI=1S/C11H12O3S/c1-8(10(12)13)7-15-11(14)9-5-3-2-4-6-9/h2-6,8H,7H2,1H3,(H,12,13). The second kappa shape index (κ2) is 5.56. The third kappa shape index (κ3) is 3.75. The molecule has 0 aromatic heterocycles. The van der Waals surface area contributed by atoms with E-state index in [1.165, 1.54) is 0 Å². The zero-order valence-corrected chi connectivity index (χ0v) is 9.16. The summed E-state index contributed by atoms with van der Waals surface area (Å²) in [4.78, 5) is 22.1. The number of carbonyl (C=O) groups is 2. The van der Waals surface area contributed by atoms with Crippen molar-refractivity contribution in [3.05, 3.63) is 35.9 Å². The zero-order valence-electron chi connectivity index (χ0n) is 8.34. The minimum Gasteiger partial charge on any atom is -0.481 e. The van der Waals surface area contributed by atoms with Crippen LogP contribution in [0.1, 0.15) is 17.3 Å². The molecule has 0 bridgehead atoms. The molecule has 0 fully saturated rings. The fraction of sp³-hybridized carbons (Fsp3) is 0.273. The van der Waals surface area contributed by atoms with Gasteiger partial charge in [0.25, 0.3) is 0 Å². The minimum atomic E-state index is -0.872. The topological polar surface area (TPSA) is 54.4 Å². The van der Waals surface area contributed by atoms with Gasteiger partial charge in [-0.25, -0.2) is 0 Å². The van der Waals surface area contributed by atoms with E-state index in [4.69, 9.17) is 5.11 Å². The highest BCUT2D eigenvalue weighted by Gasteiger charge is 2.14. The van der Waals surface area contributed by atoms with Gasteiger partial charge in [0.2, 0.25) is 5.12 Å². The molecule has 0 saturated carbocycles. The highest BCUT2D eigenvalue weighted by molar-refractivity contribution is 8.14. The van der Waals surface area contributed by atoms with Crippen LogP contribution >= 0.6 is 11.8 Å². The molecular formula is C11H12O3S. The molecule has 4 heteroatoms. The van der Waals surface area contributed by atoms with Gasteiger partial charge in [0.1, 0.15) is 0 Å². The molecule has 1 aromatic rings. The number of carboxylic acids is 1. The van der Waals surface area contributed by atoms with Crippen molar-refractivity contribution in [3.63, 3.8) is 0 Å². The normalized spacial score (nSPS) is 12.1. The molecule has 0 radical (unpaired) electrons. The molecule has 0 aliphatic carbocycles. The van der Waals surface area contributed by atoms with Gasteiger partial charge in [0.05, 0.1) is 5.92 Å². The van der Waals surface area contributed by atoms with E-state index in [2.05, 4.69) is 0 Å². The Kier molecular flexibility index (Phi) is 4.37. The second-order valence-corrected chi connectivity index (χ2v) is 4.20. The Labute approximate surface area is 92.5 Å². The van der Waals surface area contributed by atoms with Crippen LogP contribution in [0.4, 0.5) is 0 Å². The molecule has 1 aromatic carbocycles. The van der Waals surface area contributed by atoms with Gasteiger partial charge >= 0.3 is 5.97 Å². The van der Waals surface area contributed by atoms with E-state index in [1.807, 2.05) is 6.07 Å². The van der Waals surface area contributed by atoms with Gasteiger partial charge in [-0.2, -0.15) is 0 Å². The maximum Gasteiger partial charge on any atom is 0.307 e. The van der Waals surface area contributed by atoms with Crippen molar-refractivity contribution in [3.8, 4) is 0 Å². The fourth-order valence-electron chi connectivity index (χ4n) is 0.930. The molecule has 0 spiro atoms. The van der Waals surface area contributed by atoms with E-state index in [1.54, 1.807) is 31.2 Å². The molecular weight excluding hydrogens is 212 g/mol. The summed E-state index contributed by atoms with van der Waals surface area (Å²) in [5.74, 6) is -1.06. The first-order valence-electron chi connectivity index (χ1n) is 4.56. The number of aliphatic carboxylic acids is 1. The lowest BCUT2D eigenvalue weighted by Crippen LogP contribution is -2.13. The summed E-state index contributed by atoms with van der Waals surface area (Å²) in [6.45, 7) is 1.59. The lowest BCUT2D eigenvalue weighted by Gasteiger charge is -2.04. The van der Waals surface area contributed by atoms with Crippen LogP contribution < -0.4 is 0 Å². The van der Waals surface area contributed by atoms with E-state index in [9.17, 15) is 9.59 Å². The van der Waals surface area contributed by atoms with Crippen molar-refractivity contribution in [1.82, 2.24) is 0 Å². The van der Waals surface area contributed by atoms with Crippen LogP contribution in [0.25, 0.3) is 0 Å². The molecule has 1 unspecified atom stereocenters. The monoisotopic (exact) mass is 224 g/mol. The van der Waals surface area contributed by atoms with E-state index < -0.39 is 11.9 Å². The molecule has 1 N–H and O–H groups in total. The van der Waals surface area contributed by atoms with Crippen LogP contribution in [0.15, 0.2) is 30.3 Å². The molecule has 0 amide bonds. The Bertz CT molecular complexity index is 348. The van der Waals surface area contributed by atoms with E-state index in [0.29, 0.717) is 11.3 Å². The summed E-state index contributed by atoms with van der Waals surface area (Å²) >= 11 is 1.05. The molecule has 0 heterocycles. The number of carbonyl (C=O) groups excluding carboxylic acids is 1. The second-order valence-electron chi connectivity index (χ2n) is 3.20. The van der Waals surface area contributed by atoms with Crippen LogP contribution in [0, 0.1) is 5.92 Å². The van der Waals surface area contributed by atoms with Gasteiger partial charge in [0.15, 0.2) is 0 Å². The molecule has 0 aliphatic rings. The molecule has 3 nitrogen and oxygen atoms in total. The number of rotatable bonds is 4. The molecule has 80 valence electrons. The Morgan fingerprint density at radius 3 is 2.47 bits per heavy atom. The fourth-order valence-corrected chi connectivity index (χ4v) is 1.78. The maximum atomic E-state index is 11.5. The van der Waals surface area contributed by atoms with Crippen molar-refractivity contribution in [1.29, 1.82) is 0 Å². The van der Waals surface area contributed by atoms with Gasteiger partial charge in [0, 0.05) is 11.3 Å². The van der Waals surface area contributed by atoms with Crippen molar-refractivity contribution >= 4 is 22.8 Å². The van der Waals surface area contributed by atoms with E-state index >= 15 is 0 Å². The highest BCUT2D eigenvalue weighted by Crippen LogP contribution is 2.15. The van der Waals surface area contributed by atoms with Gasteiger partial charge < -0.3 is 5.11 Å². The predicted molar refractivity (Wildman–Crippen MR) is 60.0 cm³/mol. The number of hydrogen-bond donors (Lipinski definition) is 1. The third-order valence-electron chi connectivity index (χ3n) is 1.90. The van der Waals surface area contributed by atoms with Crippen molar-refractivity contribution in [2.75, 3.05) is 5.75 Å². The molecule has 15 heavy (non-hydrogen) atoms. The van der Waals surface area contributed by atoms with Crippen LogP contribution in [0.2, 0.25) is 0 Å². The Morgan fingerprint density at radius 2 is 1.93 bits per heavy atom. The minimum absolute atomic E-state index is 0.0799. The summed E-state index contributed by atoms with van der Waals surface area (Å²) in [7, 11) is 0. The van der Waals surface area contributed by atoms with Crippen molar-refractivity contribution in [2.24, 2.45) is 5.92 Å². The highest BCUT2D eigenvalue weighted by atomic mass is 32.2. The predicted octanol–water partition coefficient (Wildman–Crippen LogP) is 2.28. The van der Waals surface area contributed by atoms with Crippen molar-refractivity contribution < 1.29 is 14.7 Å². The van der Waals surface area contributed by atoms with Crippen molar-refractivity contribution in [2.45, 2.75) is 6.92 Å². The van der Waals surface area contributed by atoms with Crippen LogP contribution in [-0.4, -0.2) is 21.9 Å². The van der Waals surface area contributed by atoms with E-state index in [0.717, 1.165) is 11.8 Å². The van der Waals surface area contributed by atoms with Crippen LogP contribution in [0.3, 0.4) is 0 Å². The maximum absolute atomic E-state index is 11.5. The first-order chi connectivity index (χ1) is 7.11. The largest absolute Gasteiger partial charge is 0.481 e. The first-order valence-corrected chi connectivity index (χ1v) is 5.55. The summed E-state index contributed by atoms with van der Waals surface area (Å²) in [6.07, 6.45) is 0. The van der Waals surface area contributed by atoms with Gasteiger partial charge in [-0.15, -0.1) is 0 Å². The summed E-state index contributed by atoms with van der Waals surface area (Å²) in [5.41, 5.74) is 0.611. The summed E-state index contributed by atoms with van der Waals surface area (Å²) < 4.78 is 0. The lowest BCUT2D eigenvalue weighted by atomic mass is 10.2. The quantitative estimate of drug-likeness (QED) is 0.852. The molecule has 1 atom stereocenters. The van der Waals surface area contributed by atoms with Crippen LogP contribution in [-0.2, 0) is 4.79 Å². The van der Waals surface area contributed by atoms with Gasteiger partial charge in [-0.3, -0.25) is 9.59 Å². The Hall–Kier alpha value is -1.29. The molecule has 1 rings (SSSR count). The Morgan fingerprint density at radius 1 is 1.33 bits per heavy atom. The van der Waals surface area contributed by atoms with E-state index in [-0.39, 0.29) is 5.12 Å². The third-order valence-corrected chi connectivity index (χ3v) is 3.06. The first kappa shape index (κ1) is 11.8. The smallest absolute Gasteiger partial charge is 0.307 e. The Balaban J connectivity index is 2.47. The molecule has 0 saturated heterocycles. The summed E-state index contributed by atoms with van der Waals surface area (Å²) in [5, 5.41) is 8.56. The average Bonchev–Trinajstić information content (AvgIpc) is 2.26. The van der Waals surface area contributed by atoms with Crippen LogP contribution in [0.5, 0.6) is 0 Å². The molecule has 0 aliphatic heterocycles. The van der Waals surface area contributed by atoms with Gasteiger partial charge in [-0.1, -0.05) is 49.0 Å². The summed E-state index contributed by atoms with van der Waals surface area (Å²) in [6, 6.07) is 8.85. The number of carboxylic acid groups (broad SMARTS) is 1. The van der Waals surface area contributed by atoms with Gasteiger partial charge in [-0.05, 0) is 0 Å². The lowest BCUT2D eigenvalue weighted by molar-refractivity contribution is -0.140. The number of thioether (sulfide) groups is 1. The zero-order chi connectivity index (χ0) is 11.3. The SMILES string of the molecule is CC(CSC(=O)c1ccccc1)C(=O)O.